The molecule has 94 valence electrons. The van der Waals surface area contributed by atoms with Gasteiger partial charge in [-0.25, -0.2) is 9.82 Å². The maximum atomic E-state index is 13.1. The molecule has 0 radical (unpaired) electrons. The van der Waals surface area contributed by atoms with E-state index in [1.807, 2.05) is 19.1 Å². The highest BCUT2D eigenvalue weighted by molar-refractivity contribution is 6.30. The SMILES string of the molecule is Cc1ccc(C(NN)c2ccc(F)c(Cl)c2)cn1. The molecule has 0 aliphatic rings. The van der Waals surface area contributed by atoms with Crippen LogP contribution in [0.5, 0.6) is 0 Å². The zero-order valence-electron chi connectivity index (χ0n) is 9.82. The van der Waals surface area contributed by atoms with E-state index < -0.39 is 5.82 Å². The van der Waals surface area contributed by atoms with Gasteiger partial charge in [-0.15, -0.1) is 0 Å². The molecule has 1 unspecified atom stereocenters. The highest BCUT2D eigenvalue weighted by Crippen LogP contribution is 2.25. The lowest BCUT2D eigenvalue weighted by molar-refractivity contribution is 0.615. The van der Waals surface area contributed by atoms with Crippen molar-refractivity contribution in [2.24, 2.45) is 5.84 Å². The van der Waals surface area contributed by atoms with E-state index in [-0.39, 0.29) is 11.1 Å². The molecule has 2 aromatic rings. The molecule has 0 spiro atoms. The Balaban J connectivity index is 2.38. The monoisotopic (exact) mass is 265 g/mol. The number of pyridine rings is 1. The summed E-state index contributed by atoms with van der Waals surface area (Å²) in [6.07, 6.45) is 1.73. The number of hydrogen-bond acceptors (Lipinski definition) is 3. The predicted octanol–water partition coefficient (Wildman–Crippen LogP) is 2.74. The smallest absolute Gasteiger partial charge is 0.141 e. The fraction of sp³-hybridized carbons (Fsp3) is 0.154. The number of aryl methyl sites for hydroxylation is 1. The summed E-state index contributed by atoms with van der Waals surface area (Å²) in [7, 11) is 0. The van der Waals surface area contributed by atoms with Gasteiger partial charge in [0.15, 0.2) is 0 Å². The number of nitrogens with two attached hydrogens (primary N) is 1. The van der Waals surface area contributed by atoms with Crippen molar-refractivity contribution in [1.82, 2.24) is 10.4 Å². The van der Waals surface area contributed by atoms with E-state index in [0.29, 0.717) is 0 Å². The Labute approximate surface area is 110 Å². The van der Waals surface area contributed by atoms with Gasteiger partial charge in [0.2, 0.25) is 0 Å². The molecule has 1 aromatic heterocycles. The van der Waals surface area contributed by atoms with Crippen molar-refractivity contribution in [2.45, 2.75) is 13.0 Å². The van der Waals surface area contributed by atoms with Gasteiger partial charge in [0.25, 0.3) is 0 Å². The lowest BCUT2D eigenvalue weighted by Gasteiger charge is -2.17. The Morgan fingerprint density at radius 1 is 1.28 bits per heavy atom. The Kier molecular flexibility index (Phi) is 3.91. The summed E-state index contributed by atoms with van der Waals surface area (Å²) in [6.45, 7) is 1.91. The molecule has 0 aliphatic carbocycles. The normalized spacial score (nSPS) is 12.4. The van der Waals surface area contributed by atoms with Gasteiger partial charge in [-0.1, -0.05) is 23.7 Å². The van der Waals surface area contributed by atoms with Crippen molar-refractivity contribution in [2.75, 3.05) is 0 Å². The van der Waals surface area contributed by atoms with Gasteiger partial charge in [-0.3, -0.25) is 10.8 Å². The third-order valence-corrected chi connectivity index (χ3v) is 3.00. The zero-order valence-corrected chi connectivity index (χ0v) is 10.6. The second-order valence-electron chi connectivity index (χ2n) is 4.01. The molecule has 0 fully saturated rings. The van der Waals surface area contributed by atoms with Gasteiger partial charge in [-0.2, -0.15) is 0 Å². The van der Waals surface area contributed by atoms with Crippen molar-refractivity contribution in [3.05, 3.63) is 64.2 Å². The molecule has 18 heavy (non-hydrogen) atoms. The van der Waals surface area contributed by atoms with Gasteiger partial charge in [0, 0.05) is 11.9 Å². The van der Waals surface area contributed by atoms with Gasteiger partial charge in [-0.05, 0) is 36.2 Å². The molecule has 0 amide bonds. The topological polar surface area (TPSA) is 50.9 Å². The number of hydrazine groups is 1. The minimum Gasteiger partial charge on any atom is -0.271 e. The molecule has 2 rings (SSSR count). The number of rotatable bonds is 3. The first-order valence-corrected chi connectivity index (χ1v) is 5.83. The third-order valence-electron chi connectivity index (χ3n) is 2.71. The third kappa shape index (κ3) is 2.67. The molecule has 0 bridgehead atoms. The lowest BCUT2D eigenvalue weighted by Crippen LogP contribution is -2.29. The summed E-state index contributed by atoms with van der Waals surface area (Å²) in [6, 6.07) is 8.07. The molecule has 1 heterocycles. The summed E-state index contributed by atoms with van der Waals surface area (Å²) in [5, 5.41) is 0.0767. The Morgan fingerprint density at radius 3 is 2.56 bits per heavy atom. The van der Waals surface area contributed by atoms with Gasteiger partial charge < -0.3 is 0 Å². The van der Waals surface area contributed by atoms with Crippen LogP contribution in [0, 0.1) is 12.7 Å². The summed E-state index contributed by atoms with van der Waals surface area (Å²) >= 11 is 5.77. The van der Waals surface area contributed by atoms with Crippen LogP contribution in [-0.4, -0.2) is 4.98 Å². The van der Waals surface area contributed by atoms with Crippen LogP contribution in [0.2, 0.25) is 5.02 Å². The first-order valence-electron chi connectivity index (χ1n) is 5.45. The number of halogens is 2. The van der Waals surface area contributed by atoms with Crippen molar-refractivity contribution < 1.29 is 4.39 Å². The van der Waals surface area contributed by atoms with E-state index >= 15 is 0 Å². The standard InChI is InChI=1S/C13H13ClFN3/c1-8-2-3-10(7-17-8)13(18-16)9-4-5-12(15)11(14)6-9/h2-7,13,18H,16H2,1H3. The van der Waals surface area contributed by atoms with Gasteiger partial charge >= 0.3 is 0 Å². The number of aromatic nitrogens is 1. The number of nitrogens with zero attached hydrogens (tertiary/aromatic N) is 1. The van der Waals surface area contributed by atoms with Crippen LogP contribution in [0.15, 0.2) is 36.5 Å². The molecule has 1 atom stereocenters. The van der Waals surface area contributed by atoms with Crippen LogP contribution >= 0.6 is 11.6 Å². The van der Waals surface area contributed by atoms with Crippen LogP contribution in [0.1, 0.15) is 22.9 Å². The first kappa shape index (κ1) is 13.0. The molecule has 3 N–H and O–H groups in total. The summed E-state index contributed by atoms with van der Waals surface area (Å²) in [4.78, 5) is 4.21. The molecule has 3 nitrogen and oxygen atoms in total. The van der Waals surface area contributed by atoms with Crippen molar-refractivity contribution >= 4 is 11.6 Å². The highest BCUT2D eigenvalue weighted by atomic mass is 35.5. The van der Waals surface area contributed by atoms with E-state index in [1.54, 1.807) is 18.3 Å². The van der Waals surface area contributed by atoms with E-state index in [4.69, 9.17) is 17.4 Å². The minimum absolute atomic E-state index is 0.0767. The van der Waals surface area contributed by atoms with Crippen LogP contribution < -0.4 is 11.3 Å². The molecular formula is C13H13ClFN3. The largest absolute Gasteiger partial charge is 0.271 e. The molecule has 0 saturated carbocycles. The van der Waals surface area contributed by atoms with E-state index in [0.717, 1.165) is 16.8 Å². The van der Waals surface area contributed by atoms with Crippen LogP contribution in [0.4, 0.5) is 4.39 Å². The van der Waals surface area contributed by atoms with Crippen LogP contribution in [-0.2, 0) is 0 Å². The second kappa shape index (κ2) is 5.44. The number of hydrogen-bond donors (Lipinski definition) is 2. The Morgan fingerprint density at radius 2 is 2.00 bits per heavy atom. The maximum Gasteiger partial charge on any atom is 0.141 e. The van der Waals surface area contributed by atoms with Crippen molar-refractivity contribution in [1.29, 1.82) is 0 Å². The summed E-state index contributed by atoms with van der Waals surface area (Å²) in [5.74, 6) is 5.10. The van der Waals surface area contributed by atoms with Crippen molar-refractivity contribution in [3.8, 4) is 0 Å². The Bertz CT molecular complexity index is 542. The Hall–Kier alpha value is -1.49. The summed E-state index contributed by atoms with van der Waals surface area (Å²) in [5.41, 5.74) is 5.28. The number of nitrogens with one attached hydrogen (secondary N) is 1. The molecular weight excluding hydrogens is 253 g/mol. The summed E-state index contributed by atoms with van der Waals surface area (Å²) < 4.78 is 13.1. The number of benzene rings is 1. The van der Waals surface area contributed by atoms with E-state index in [1.165, 1.54) is 6.07 Å². The van der Waals surface area contributed by atoms with E-state index in [2.05, 4.69) is 10.4 Å². The van der Waals surface area contributed by atoms with Crippen molar-refractivity contribution in [3.63, 3.8) is 0 Å². The average molecular weight is 266 g/mol. The predicted molar refractivity (Wildman–Crippen MR) is 69.6 cm³/mol. The zero-order chi connectivity index (χ0) is 13.1. The quantitative estimate of drug-likeness (QED) is 0.663. The van der Waals surface area contributed by atoms with Crippen LogP contribution in [0.25, 0.3) is 0 Å². The molecule has 0 aliphatic heterocycles. The van der Waals surface area contributed by atoms with Crippen LogP contribution in [0.3, 0.4) is 0 Å². The molecule has 5 heteroatoms. The molecule has 1 aromatic carbocycles. The average Bonchev–Trinajstić information content (AvgIpc) is 2.37. The minimum atomic E-state index is -0.446. The first-order chi connectivity index (χ1) is 8.61. The maximum absolute atomic E-state index is 13.1. The fourth-order valence-electron chi connectivity index (χ4n) is 1.73. The fourth-order valence-corrected chi connectivity index (χ4v) is 1.92. The van der Waals surface area contributed by atoms with Gasteiger partial charge in [0.05, 0.1) is 11.1 Å². The molecule has 0 saturated heterocycles. The highest BCUT2D eigenvalue weighted by Gasteiger charge is 2.14. The van der Waals surface area contributed by atoms with E-state index in [9.17, 15) is 4.39 Å². The van der Waals surface area contributed by atoms with Gasteiger partial charge in [0.1, 0.15) is 5.82 Å². The lowest BCUT2D eigenvalue weighted by atomic mass is 10.0. The second-order valence-corrected chi connectivity index (χ2v) is 4.41.